The molecular weight excluding hydrogens is 504 g/mol. The SMILES string of the molecule is C=C=Cc1ccccc1CNC(=O)C=O.CNC/C=C/C(=O)NOC.CNC1(c2cccc3ccccc23)CC1. The van der Waals surface area contributed by atoms with Crippen LogP contribution < -0.4 is 21.4 Å². The molecule has 3 aromatic rings. The Balaban J connectivity index is 0.000000216. The van der Waals surface area contributed by atoms with Crippen molar-refractivity contribution in [1.29, 1.82) is 0 Å². The number of hydroxylamine groups is 1. The molecule has 0 atom stereocenters. The normalized spacial score (nSPS) is 12.6. The Hall–Kier alpha value is -4.33. The van der Waals surface area contributed by atoms with Gasteiger partial charge < -0.3 is 16.0 Å². The third-order valence-electron chi connectivity index (χ3n) is 6.20. The van der Waals surface area contributed by atoms with Crippen LogP contribution in [-0.4, -0.2) is 45.9 Å². The fourth-order valence-corrected chi connectivity index (χ4v) is 4.01. The first-order valence-electron chi connectivity index (χ1n) is 12.9. The zero-order valence-electron chi connectivity index (χ0n) is 23.3. The summed E-state index contributed by atoms with van der Waals surface area (Å²) >= 11 is 0. The molecule has 8 heteroatoms. The Kier molecular flexibility index (Phi) is 13.8. The second-order valence-corrected chi connectivity index (χ2v) is 8.87. The predicted octanol–water partition coefficient (Wildman–Crippen LogP) is 3.79. The second-order valence-electron chi connectivity index (χ2n) is 8.87. The van der Waals surface area contributed by atoms with Gasteiger partial charge in [0, 0.05) is 24.7 Å². The number of aldehydes is 1. The molecule has 3 aromatic carbocycles. The lowest BCUT2D eigenvalue weighted by Crippen LogP contribution is -2.24. The van der Waals surface area contributed by atoms with Gasteiger partial charge in [0.1, 0.15) is 0 Å². The van der Waals surface area contributed by atoms with E-state index in [0.717, 1.165) is 11.1 Å². The van der Waals surface area contributed by atoms with Crippen LogP contribution in [0, 0.1) is 0 Å². The monoisotopic (exact) mass is 542 g/mol. The van der Waals surface area contributed by atoms with Gasteiger partial charge in [0.25, 0.3) is 11.8 Å². The number of rotatable bonds is 10. The van der Waals surface area contributed by atoms with E-state index in [-0.39, 0.29) is 17.7 Å². The summed E-state index contributed by atoms with van der Waals surface area (Å²) in [6.07, 6.45) is 7.61. The topological polar surface area (TPSA) is 109 Å². The van der Waals surface area contributed by atoms with E-state index >= 15 is 0 Å². The summed E-state index contributed by atoms with van der Waals surface area (Å²) in [7, 11) is 5.26. The number of likely N-dealkylation sites (N-methyl/N-ethyl adjacent to an activating group) is 1. The summed E-state index contributed by atoms with van der Waals surface area (Å²) in [6.45, 7) is 4.49. The smallest absolute Gasteiger partial charge is 0.284 e. The predicted molar refractivity (Wildman–Crippen MR) is 160 cm³/mol. The van der Waals surface area contributed by atoms with Gasteiger partial charge in [0.05, 0.1) is 7.11 Å². The molecule has 0 aliphatic heterocycles. The summed E-state index contributed by atoms with van der Waals surface area (Å²) in [6, 6.07) is 22.7. The number of hydrogen-bond donors (Lipinski definition) is 4. The maximum atomic E-state index is 10.7. The molecule has 1 fully saturated rings. The first-order valence-corrected chi connectivity index (χ1v) is 12.9. The van der Waals surface area contributed by atoms with Crippen molar-refractivity contribution in [3.8, 4) is 0 Å². The van der Waals surface area contributed by atoms with E-state index in [2.05, 4.69) is 88.1 Å². The van der Waals surface area contributed by atoms with E-state index < -0.39 is 5.91 Å². The molecule has 0 heterocycles. The van der Waals surface area contributed by atoms with Crippen molar-refractivity contribution >= 4 is 34.9 Å². The highest BCUT2D eigenvalue weighted by molar-refractivity contribution is 6.23. The third kappa shape index (κ3) is 10.1. The summed E-state index contributed by atoms with van der Waals surface area (Å²) in [5.74, 6) is -0.870. The molecule has 210 valence electrons. The number of nitrogens with one attached hydrogen (secondary N) is 4. The quantitative estimate of drug-likeness (QED) is 0.102. The molecule has 2 amide bonds. The van der Waals surface area contributed by atoms with E-state index in [0.29, 0.717) is 13.1 Å². The molecule has 1 saturated carbocycles. The molecule has 0 spiro atoms. The lowest BCUT2D eigenvalue weighted by atomic mass is 9.97. The molecule has 1 aliphatic carbocycles. The summed E-state index contributed by atoms with van der Waals surface area (Å²) < 4.78 is 0. The van der Waals surface area contributed by atoms with Crippen LogP contribution in [0.5, 0.6) is 0 Å². The van der Waals surface area contributed by atoms with Crippen molar-refractivity contribution in [2.45, 2.75) is 24.9 Å². The minimum absolute atomic E-state index is 0.252. The van der Waals surface area contributed by atoms with Crippen molar-refractivity contribution in [1.82, 2.24) is 21.4 Å². The highest BCUT2D eigenvalue weighted by Gasteiger charge is 2.43. The van der Waals surface area contributed by atoms with Gasteiger partial charge >= 0.3 is 0 Å². The van der Waals surface area contributed by atoms with Crippen LogP contribution in [0.15, 0.2) is 91.2 Å². The van der Waals surface area contributed by atoms with Crippen molar-refractivity contribution < 1.29 is 19.2 Å². The van der Waals surface area contributed by atoms with Crippen LogP contribution in [0.1, 0.15) is 29.5 Å². The van der Waals surface area contributed by atoms with Crippen LogP contribution in [0.2, 0.25) is 0 Å². The first kappa shape index (κ1) is 31.9. The van der Waals surface area contributed by atoms with Crippen LogP contribution in [0.25, 0.3) is 16.8 Å². The van der Waals surface area contributed by atoms with Gasteiger partial charge in [0.15, 0.2) is 0 Å². The van der Waals surface area contributed by atoms with Gasteiger partial charge in [-0.2, -0.15) is 0 Å². The maximum absolute atomic E-state index is 10.7. The summed E-state index contributed by atoms with van der Waals surface area (Å²) in [4.78, 5) is 35.8. The molecule has 4 N–H and O–H groups in total. The van der Waals surface area contributed by atoms with E-state index in [9.17, 15) is 14.4 Å². The standard InChI is InChI=1S/C14H15N.C12H11NO2.C6H12N2O2/c1-15-14(9-10-14)13-8-4-6-11-5-2-3-7-12(11)13;1-2-5-10-6-3-4-7-11(10)8-13-12(15)9-14;1-7-5-3-4-6(9)8-10-2/h2-8,15H,9-10H2,1H3;3-7,9H,1,8H2,(H,13,15);3-4,7H,5H2,1-2H3,(H,8,9)/b;;4-3+. The number of carbonyl (C=O) groups is 3. The molecule has 4 rings (SSSR count). The van der Waals surface area contributed by atoms with Gasteiger partial charge in [-0.25, -0.2) is 5.48 Å². The van der Waals surface area contributed by atoms with Crippen molar-refractivity contribution in [2.75, 3.05) is 27.7 Å². The Morgan fingerprint density at radius 3 is 2.35 bits per heavy atom. The van der Waals surface area contributed by atoms with Crippen LogP contribution in [-0.2, 0) is 31.3 Å². The minimum atomic E-state index is -0.618. The second kappa shape index (κ2) is 17.3. The number of hydrogen-bond acceptors (Lipinski definition) is 6. The fourth-order valence-electron chi connectivity index (χ4n) is 4.01. The van der Waals surface area contributed by atoms with E-state index in [1.807, 2.05) is 24.3 Å². The van der Waals surface area contributed by atoms with Gasteiger partial charge in [-0.15, -0.1) is 5.73 Å². The zero-order valence-corrected chi connectivity index (χ0v) is 23.3. The highest BCUT2D eigenvalue weighted by atomic mass is 16.6. The largest absolute Gasteiger partial charge is 0.346 e. The molecule has 40 heavy (non-hydrogen) atoms. The van der Waals surface area contributed by atoms with E-state index in [1.54, 1.807) is 19.2 Å². The number of fused-ring (bicyclic) bond motifs is 1. The molecule has 0 unspecified atom stereocenters. The van der Waals surface area contributed by atoms with Crippen LogP contribution in [0.4, 0.5) is 0 Å². The average Bonchev–Trinajstić information content (AvgIpc) is 3.79. The lowest BCUT2D eigenvalue weighted by Gasteiger charge is -2.17. The molecule has 0 radical (unpaired) electrons. The van der Waals surface area contributed by atoms with Gasteiger partial charge in [-0.05, 0) is 60.5 Å². The van der Waals surface area contributed by atoms with Gasteiger partial charge in [-0.3, -0.25) is 19.2 Å². The molecule has 0 bridgehead atoms. The van der Waals surface area contributed by atoms with Crippen molar-refractivity contribution in [3.63, 3.8) is 0 Å². The van der Waals surface area contributed by atoms with Crippen LogP contribution in [0.3, 0.4) is 0 Å². The number of carbonyl (C=O) groups excluding carboxylic acids is 3. The molecule has 0 saturated heterocycles. The van der Waals surface area contributed by atoms with E-state index in [4.69, 9.17) is 0 Å². The Morgan fingerprint density at radius 2 is 1.70 bits per heavy atom. The Morgan fingerprint density at radius 1 is 1.00 bits per heavy atom. The maximum Gasteiger partial charge on any atom is 0.284 e. The summed E-state index contributed by atoms with van der Waals surface area (Å²) in [5, 5.41) is 11.5. The Bertz CT molecular complexity index is 1340. The minimum Gasteiger partial charge on any atom is -0.346 e. The van der Waals surface area contributed by atoms with Crippen LogP contribution >= 0.6 is 0 Å². The lowest BCUT2D eigenvalue weighted by molar-refractivity contribution is -0.131. The number of amides is 2. The average molecular weight is 543 g/mol. The van der Waals surface area contributed by atoms with Gasteiger partial charge in [0.2, 0.25) is 6.29 Å². The Labute approximate surface area is 236 Å². The molecule has 0 aromatic heterocycles. The molecule has 1 aliphatic rings. The molecule has 8 nitrogen and oxygen atoms in total. The fraction of sp³-hybridized carbons (Fsp3) is 0.250. The highest BCUT2D eigenvalue weighted by Crippen LogP contribution is 2.47. The third-order valence-corrected chi connectivity index (χ3v) is 6.20. The summed E-state index contributed by atoms with van der Waals surface area (Å²) in [5.41, 5.74) is 8.40. The molecular formula is C32H38N4O4. The number of benzene rings is 3. The van der Waals surface area contributed by atoms with Gasteiger partial charge in [-0.1, -0.05) is 79.4 Å². The van der Waals surface area contributed by atoms with Crippen molar-refractivity contribution in [3.05, 3.63) is 108 Å². The van der Waals surface area contributed by atoms with E-state index in [1.165, 1.54) is 42.4 Å². The zero-order chi connectivity index (χ0) is 29.2. The first-order chi connectivity index (χ1) is 19.4. The van der Waals surface area contributed by atoms with Crippen molar-refractivity contribution in [2.24, 2.45) is 0 Å².